The van der Waals surface area contributed by atoms with Crippen LogP contribution in [0, 0.1) is 0 Å². The van der Waals surface area contributed by atoms with Crippen molar-refractivity contribution in [1.82, 2.24) is 0 Å². The molecule has 0 bridgehead atoms. The molecule has 0 amide bonds. The van der Waals surface area contributed by atoms with E-state index in [2.05, 4.69) is 199 Å². The summed E-state index contributed by atoms with van der Waals surface area (Å²) in [6.07, 6.45) is 0. The third-order valence-corrected chi connectivity index (χ3v) is 11.0. The normalized spacial score (nSPS) is 11.7. The number of hydrogen-bond acceptors (Lipinski definition) is 2. The van der Waals surface area contributed by atoms with Gasteiger partial charge in [0, 0.05) is 33.5 Å². The molecule has 0 saturated heterocycles. The Kier molecular flexibility index (Phi) is 6.90. The highest BCUT2D eigenvalue weighted by molar-refractivity contribution is 6.24. The number of nitrogens with zero attached hydrogens (tertiary/aromatic N) is 1. The minimum Gasteiger partial charge on any atom is -0.456 e. The van der Waals surface area contributed by atoms with E-state index >= 15 is 0 Å². The average molecular weight is 688 g/mol. The second-order valence-corrected chi connectivity index (χ2v) is 14.0. The fourth-order valence-corrected chi connectivity index (χ4v) is 8.60. The monoisotopic (exact) mass is 687 g/mol. The molecule has 1 aromatic heterocycles. The first-order chi connectivity index (χ1) is 26.8. The first-order valence-corrected chi connectivity index (χ1v) is 18.5. The number of para-hydroxylation sites is 2. The van der Waals surface area contributed by atoms with E-state index in [1.165, 1.54) is 54.4 Å². The van der Waals surface area contributed by atoms with Crippen molar-refractivity contribution in [3.8, 4) is 22.3 Å². The van der Waals surface area contributed by atoms with Crippen molar-refractivity contribution in [2.24, 2.45) is 0 Å². The van der Waals surface area contributed by atoms with Crippen LogP contribution in [0.5, 0.6) is 0 Å². The molecule has 10 aromatic carbocycles. The van der Waals surface area contributed by atoms with Crippen LogP contribution >= 0.6 is 0 Å². The van der Waals surface area contributed by atoms with E-state index in [0.717, 1.165) is 50.0 Å². The molecule has 0 N–H and O–H groups in total. The summed E-state index contributed by atoms with van der Waals surface area (Å²) < 4.78 is 6.59. The Morgan fingerprint density at radius 2 is 0.907 bits per heavy atom. The van der Waals surface area contributed by atoms with E-state index in [1.54, 1.807) is 0 Å². The van der Waals surface area contributed by atoms with Gasteiger partial charge in [0.15, 0.2) is 0 Å². The second-order valence-electron chi connectivity index (χ2n) is 14.0. The predicted molar refractivity (Wildman–Crippen MR) is 229 cm³/mol. The van der Waals surface area contributed by atoms with Gasteiger partial charge in [0.2, 0.25) is 0 Å². The fourth-order valence-electron chi connectivity index (χ4n) is 8.60. The van der Waals surface area contributed by atoms with Gasteiger partial charge >= 0.3 is 0 Å². The summed E-state index contributed by atoms with van der Waals surface area (Å²) in [5.41, 5.74) is 9.73. The van der Waals surface area contributed by atoms with Crippen molar-refractivity contribution in [2.75, 3.05) is 4.90 Å². The molecule has 0 spiro atoms. The third kappa shape index (κ3) is 4.74. The van der Waals surface area contributed by atoms with Gasteiger partial charge in [-0.25, -0.2) is 0 Å². The lowest BCUT2D eigenvalue weighted by atomic mass is 9.91. The molecule has 0 fully saturated rings. The lowest BCUT2D eigenvalue weighted by Gasteiger charge is -2.29. The van der Waals surface area contributed by atoms with Crippen LogP contribution in [-0.4, -0.2) is 0 Å². The second kappa shape index (κ2) is 12.2. The fraction of sp³-hybridized carbons (Fsp3) is 0. The maximum Gasteiger partial charge on any atom is 0.138 e. The van der Waals surface area contributed by atoms with Crippen LogP contribution in [0.1, 0.15) is 0 Å². The Hall–Kier alpha value is -7.16. The van der Waals surface area contributed by atoms with Gasteiger partial charge in [-0.15, -0.1) is 0 Å². The summed E-state index contributed by atoms with van der Waals surface area (Å²) in [5.74, 6) is 0. The summed E-state index contributed by atoms with van der Waals surface area (Å²) in [6, 6.07) is 72.2. The highest BCUT2D eigenvalue weighted by Gasteiger charge is 2.22. The Balaban J connectivity index is 1.16. The van der Waals surface area contributed by atoms with Crippen LogP contribution in [0.25, 0.3) is 87.3 Å². The molecule has 11 aromatic rings. The van der Waals surface area contributed by atoms with Crippen molar-refractivity contribution < 1.29 is 4.42 Å². The third-order valence-electron chi connectivity index (χ3n) is 11.0. The molecule has 11 rings (SSSR count). The molecule has 0 aliphatic rings. The van der Waals surface area contributed by atoms with Crippen molar-refractivity contribution in [3.63, 3.8) is 0 Å². The van der Waals surface area contributed by atoms with Crippen molar-refractivity contribution >= 4 is 82.1 Å². The smallest absolute Gasteiger partial charge is 0.138 e. The highest BCUT2D eigenvalue weighted by atomic mass is 16.3. The van der Waals surface area contributed by atoms with Crippen molar-refractivity contribution in [1.29, 1.82) is 0 Å². The van der Waals surface area contributed by atoms with Crippen LogP contribution in [0.3, 0.4) is 0 Å². The molecular formula is C52H33NO. The molecule has 252 valence electrons. The topological polar surface area (TPSA) is 16.4 Å². The molecule has 0 saturated carbocycles. The number of hydrogen-bond donors (Lipinski definition) is 0. The minimum atomic E-state index is 0.874. The molecule has 2 heteroatoms. The quantitative estimate of drug-likeness (QED) is 0.168. The summed E-state index contributed by atoms with van der Waals surface area (Å²) in [6.45, 7) is 0. The van der Waals surface area contributed by atoms with E-state index in [4.69, 9.17) is 4.42 Å². The van der Waals surface area contributed by atoms with Gasteiger partial charge in [0.25, 0.3) is 0 Å². The summed E-state index contributed by atoms with van der Waals surface area (Å²) in [7, 11) is 0. The Morgan fingerprint density at radius 1 is 0.315 bits per heavy atom. The zero-order valence-electron chi connectivity index (χ0n) is 29.4. The van der Waals surface area contributed by atoms with E-state index in [-0.39, 0.29) is 0 Å². The number of rotatable bonds is 5. The SMILES string of the molecule is c1ccc(-c2ccccc2N(c2ccc(-c3cccc4ccc5ccc6ccccc6c5c34)cc2)c2cc3oc4ccccc4c3c3ccccc23)cc1. The van der Waals surface area contributed by atoms with Crippen molar-refractivity contribution in [2.45, 2.75) is 0 Å². The van der Waals surface area contributed by atoms with Crippen LogP contribution in [-0.2, 0) is 0 Å². The lowest BCUT2D eigenvalue weighted by Crippen LogP contribution is -2.12. The average Bonchev–Trinajstić information content (AvgIpc) is 3.63. The molecule has 0 radical (unpaired) electrons. The Morgan fingerprint density at radius 3 is 1.74 bits per heavy atom. The molecule has 0 aliphatic carbocycles. The van der Waals surface area contributed by atoms with Gasteiger partial charge in [0.05, 0.1) is 11.4 Å². The largest absolute Gasteiger partial charge is 0.456 e. The Labute approximate surface area is 312 Å². The predicted octanol–water partition coefficient (Wildman–Crippen LogP) is 15.0. The van der Waals surface area contributed by atoms with E-state index in [1.807, 2.05) is 6.07 Å². The summed E-state index contributed by atoms with van der Waals surface area (Å²) >= 11 is 0. The van der Waals surface area contributed by atoms with E-state index in [9.17, 15) is 0 Å². The molecular weight excluding hydrogens is 655 g/mol. The first-order valence-electron chi connectivity index (χ1n) is 18.5. The van der Waals surface area contributed by atoms with Gasteiger partial charge in [-0.05, 0) is 78.7 Å². The van der Waals surface area contributed by atoms with Gasteiger partial charge in [0.1, 0.15) is 11.2 Å². The Bertz CT molecular complexity index is 3210. The number of furan rings is 1. The molecule has 2 nitrogen and oxygen atoms in total. The summed E-state index contributed by atoms with van der Waals surface area (Å²) in [5, 5.41) is 12.2. The van der Waals surface area contributed by atoms with E-state index in [0.29, 0.717) is 0 Å². The number of fused-ring (bicyclic) bond motifs is 10. The zero-order valence-corrected chi connectivity index (χ0v) is 29.4. The minimum absolute atomic E-state index is 0.874. The van der Waals surface area contributed by atoms with Crippen LogP contribution < -0.4 is 4.90 Å². The highest BCUT2D eigenvalue weighted by Crippen LogP contribution is 2.47. The van der Waals surface area contributed by atoms with Crippen molar-refractivity contribution in [3.05, 3.63) is 200 Å². The standard InChI is InChI=1S/C52H33NO/c1-2-13-34(14-3-1)40-17-8-10-23-46(40)53(47-33-49-52(44-20-7-6-19-43(44)47)45-21-9-11-24-48(45)54-49)39-31-29-36(30-32-39)42-22-12-16-37-27-28-38-26-25-35-15-4-5-18-41(35)51(38)50(37)42/h1-33H. The van der Waals surface area contributed by atoms with Gasteiger partial charge < -0.3 is 9.32 Å². The maximum absolute atomic E-state index is 6.59. The van der Waals surface area contributed by atoms with Crippen LogP contribution in [0.2, 0.25) is 0 Å². The molecule has 54 heavy (non-hydrogen) atoms. The maximum atomic E-state index is 6.59. The van der Waals surface area contributed by atoms with E-state index < -0.39 is 0 Å². The summed E-state index contributed by atoms with van der Waals surface area (Å²) in [4.78, 5) is 2.41. The zero-order chi connectivity index (χ0) is 35.6. The van der Waals surface area contributed by atoms with Gasteiger partial charge in [-0.1, -0.05) is 170 Å². The van der Waals surface area contributed by atoms with Gasteiger partial charge in [-0.3, -0.25) is 0 Å². The number of anilines is 3. The molecule has 0 atom stereocenters. The first kappa shape index (κ1) is 30.5. The molecule has 0 aliphatic heterocycles. The lowest BCUT2D eigenvalue weighted by molar-refractivity contribution is 0.669. The molecule has 0 unspecified atom stereocenters. The van der Waals surface area contributed by atoms with Crippen LogP contribution in [0.4, 0.5) is 17.1 Å². The van der Waals surface area contributed by atoms with Crippen LogP contribution in [0.15, 0.2) is 205 Å². The van der Waals surface area contributed by atoms with Gasteiger partial charge in [-0.2, -0.15) is 0 Å². The molecule has 1 heterocycles. The number of benzene rings is 10.